The predicted octanol–water partition coefficient (Wildman–Crippen LogP) is -0.254. The van der Waals surface area contributed by atoms with Gasteiger partial charge in [-0.2, -0.15) is 0 Å². The summed E-state index contributed by atoms with van der Waals surface area (Å²) < 4.78 is 21.1. The summed E-state index contributed by atoms with van der Waals surface area (Å²) in [6.07, 6.45) is -3.02. The van der Waals surface area contributed by atoms with Crippen LogP contribution in [0.15, 0.2) is 0 Å². The minimum absolute atomic E-state index is 0.316. The van der Waals surface area contributed by atoms with E-state index < -0.39 is 42.6 Å². The average Bonchev–Trinajstić information content (AvgIpc) is 2.65. The molecule has 1 amide bonds. The Morgan fingerprint density at radius 1 is 1.14 bits per heavy atom. The van der Waals surface area contributed by atoms with E-state index in [0.29, 0.717) is 0 Å². The number of rotatable bonds is 5. The fourth-order valence-electron chi connectivity index (χ4n) is 2.30. The SMILES string of the molecule is COC1O[C@@H]([C@@H](C)OC(C)=O)[C@H](OC(C)=O)[C@H]1NC(C)=O. The van der Waals surface area contributed by atoms with Crippen LogP contribution in [0, 0.1) is 0 Å². The van der Waals surface area contributed by atoms with Crippen molar-refractivity contribution >= 4 is 17.8 Å². The van der Waals surface area contributed by atoms with Crippen molar-refractivity contribution in [2.45, 2.75) is 58.3 Å². The minimum atomic E-state index is -0.814. The molecule has 1 unspecified atom stereocenters. The number of hydrogen-bond acceptors (Lipinski definition) is 7. The van der Waals surface area contributed by atoms with E-state index in [0.717, 1.165) is 0 Å². The molecule has 0 radical (unpaired) electrons. The molecule has 1 saturated heterocycles. The van der Waals surface area contributed by atoms with Gasteiger partial charge < -0.3 is 24.3 Å². The first-order chi connectivity index (χ1) is 9.76. The molecule has 8 heteroatoms. The summed E-state index contributed by atoms with van der Waals surface area (Å²) >= 11 is 0. The molecule has 0 spiro atoms. The fourth-order valence-corrected chi connectivity index (χ4v) is 2.30. The quantitative estimate of drug-likeness (QED) is 0.699. The molecule has 0 aliphatic carbocycles. The van der Waals surface area contributed by atoms with Gasteiger partial charge in [-0.15, -0.1) is 0 Å². The summed E-state index contributed by atoms with van der Waals surface area (Å²) in [6, 6.07) is -0.681. The standard InChI is InChI=1S/C13H21NO7/c1-6(19-8(3)16)11-12(20-9(4)17)10(14-7(2)15)13(18-5)21-11/h6,10-13H,1-5H3,(H,14,15)/t6-,10-,11+,12-,13?/m1/s1. The van der Waals surface area contributed by atoms with Gasteiger partial charge in [0, 0.05) is 27.9 Å². The normalized spacial score (nSPS) is 29.6. The Morgan fingerprint density at radius 2 is 1.76 bits per heavy atom. The molecule has 1 rings (SSSR count). The van der Waals surface area contributed by atoms with Gasteiger partial charge in [0.15, 0.2) is 12.4 Å². The molecule has 120 valence electrons. The van der Waals surface area contributed by atoms with Gasteiger partial charge in [0.05, 0.1) is 0 Å². The lowest BCUT2D eigenvalue weighted by molar-refractivity contribution is -0.174. The van der Waals surface area contributed by atoms with E-state index in [1.165, 1.54) is 27.9 Å². The van der Waals surface area contributed by atoms with Gasteiger partial charge >= 0.3 is 11.9 Å². The predicted molar refractivity (Wildman–Crippen MR) is 70.1 cm³/mol. The van der Waals surface area contributed by atoms with Crippen molar-refractivity contribution in [2.24, 2.45) is 0 Å². The highest BCUT2D eigenvalue weighted by Crippen LogP contribution is 2.28. The summed E-state index contributed by atoms with van der Waals surface area (Å²) in [7, 11) is 1.41. The molecule has 1 aliphatic heterocycles. The van der Waals surface area contributed by atoms with Gasteiger partial charge in [-0.1, -0.05) is 0 Å². The molecule has 0 aromatic rings. The molecule has 0 saturated carbocycles. The van der Waals surface area contributed by atoms with E-state index >= 15 is 0 Å². The van der Waals surface area contributed by atoms with E-state index in [2.05, 4.69) is 5.32 Å². The Kier molecular flexibility index (Phi) is 6.10. The van der Waals surface area contributed by atoms with Gasteiger partial charge in [-0.25, -0.2) is 0 Å². The lowest BCUT2D eigenvalue weighted by Gasteiger charge is -2.26. The summed E-state index contributed by atoms with van der Waals surface area (Å²) in [5.74, 6) is -1.33. The topological polar surface area (TPSA) is 100 Å². The molecule has 8 nitrogen and oxygen atoms in total. The Balaban J connectivity index is 2.96. The number of methoxy groups -OCH3 is 1. The molecule has 5 atom stereocenters. The van der Waals surface area contributed by atoms with Crippen LogP contribution in [0.1, 0.15) is 27.7 Å². The average molecular weight is 303 g/mol. The van der Waals surface area contributed by atoms with Crippen LogP contribution in [0.25, 0.3) is 0 Å². The van der Waals surface area contributed by atoms with Crippen LogP contribution in [-0.2, 0) is 33.3 Å². The van der Waals surface area contributed by atoms with Crippen LogP contribution in [0.3, 0.4) is 0 Å². The lowest BCUT2D eigenvalue weighted by atomic mass is 10.0. The zero-order chi connectivity index (χ0) is 16.2. The molecule has 0 aromatic heterocycles. The molecule has 21 heavy (non-hydrogen) atoms. The van der Waals surface area contributed by atoms with E-state index in [1.54, 1.807) is 6.92 Å². The Hall–Kier alpha value is -1.67. The third kappa shape index (κ3) is 4.68. The molecule has 1 N–H and O–H groups in total. The van der Waals surface area contributed by atoms with E-state index in [1.807, 2.05) is 0 Å². The van der Waals surface area contributed by atoms with Crippen molar-refractivity contribution in [3.63, 3.8) is 0 Å². The summed E-state index contributed by atoms with van der Waals surface area (Å²) in [4.78, 5) is 33.6. The second-order valence-electron chi connectivity index (χ2n) is 4.82. The van der Waals surface area contributed by atoms with E-state index in [-0.39, 0.29) is 5.91 Å². The highest BCUT2D eigenvalue weighted by atomic mass is 16.7. The Bertz CT molecular complexity index is 411. The molecule has 0 bridgehead atoms. The second-order valence-corrected chi connectivity index (χ2v) is 4.82. The molecule has 1 aliphatic rings. The van der Waals surface area contributed by atoms with Crippen LogP contribution in [0.2, 0.25) is 0 Å². The maximum absolute atomic E-state index is 11.3. The van der Waals surface area contributed by atoms with Gasteiger partial charge in [0.1, 0.15) is 18.2 Å². The highest BCUT2D eigenvalue weighted by Gasteiger charge is 2.50. The van der Waals surface area contributed by atoms with Crippen LogP contribution in [0.5, 0.6) is 0 Å². The first kappa shape index (κ1) is 17.4. The monoisotopic (exact) mass is 303 g/mol. The van der Waals surface area contributed by atoms with Crippen molar-refractivity contribution < 1.29 is 33.3 Å². The van der Waals surface area contributed by atoms with Gasteiger partial charge in [0.25, 0.3) is 0 Å². The maximum atomic E-state index is 11.3. The number of ether oxygens (including phenoxy) is 4. The maximum Gasteiger partial charge on any atom is 0.303 e. The first-order valence-corrected chi connectivity index (χ1v) is 6.56. The molecule has 1 heterocycles. The smallest absolute Gasteiger partial charge is 0.303 e. The molecular weight excluding hydrogens is 282 g/mol. The number of carbonyl (C=O) groups excluding carboxylic acids is 3. The van der Waals surface area contributed by atoms with Crippen molar-refractivity contribution in [1.29, 1.82) is 0 Å². The van der Waals surface area contributed by atoms with Crippen LogP contribution >= 0.6 is 0 Å². The van der Waals surface area contributed by atoms with Crippen LogP contribution in [-0.4, -0.2) is 55.6 Å². The summed E-state index contributed by atoms with van der Waals surface area (Å²) in [5.41, 5.74) is 0. The third-order valence-electron chi connectivity index (χ3n) is 2.98. The summed E-state index contributed by atoms with van der Waals surface area (Å²) in [6.45, 7) is 5.47. The number of hydrogen-bond donors (Lipinski definition) is 1. The lowest BCUT2D eigenvalue weighted by Crippen LogP contribution is -2.50. The van der Waals surface area contributed by atoms with E-state index in [4.69, 9.17) is 18.9 Å². The number of esters is 2. The highest BCUT2D eigenvalue weighted by molar-refractivity contribution is 5.73. The summed E-state index contributed by atoms with van der Waals surface area (Å²) in [5, 5.41) is 2.63. The number of amides is 1. The van der Waals surface area contributed by atoms with Crippen LogP contribution < -0.4 is 5.32 Å². The molecule has 1 fully saturated rings. The first-order valence-electron chi connectivity index (χ1n) is 6.56. The van der Waals surface area contributed by atoms with Crippen molar-refractivity contribution in [2.75, 3.05) is 7.11 Å². The minimum Gasteiger partial charge on any atom is -0.460 e. The largest absolute Gasteiger partial charge is 0.460 e. The van der Waals surface area contributed by atoms with Crippen LogP contribution in [0.4, 0.5) is 0 Å². The van der Waals surface area contributed by atoms with Gasteiger partial charge in [0.2, 0.25) is 5.91 Å². The Morgan fingerprint density at radius 3 is 2.19 bits per heavy atom. The number of nitrogens with one attached hydrogen (secondary N) is 1. The molecule has 0 aromatic carbocycles. The zero-order valence-corrected chi connectivity index (χ0v) is 12.7. The third-order valence-corrected chi connectivity index (χ3v) is 2.98. The van der Waals surface area contributed by atoms with E-state index in [9.17, 15) is 14.4 Å². The number of carbonyl (C=O) groups is 3. The van der Waals surface area contributed by atoms with Crippen molar-refractivity contribution in [3.05, 3.63) is 0 Å². The molecular formula is C13H21NO7. The second kappa shape index (κ2) is 7.37. The van der Waals surface area contributed by atoms with Crippen molar-refractivity contribution in [3.8, 4) is 0 Å². The Labute approximate surface area is 123 Å². The van der Waals surface area contributed by atoms with Gasteiger partial charge in [-0.05, 0) is 6.92 Å². The zero-order valence-electron chi connectivity index (χ0n) is 12.7. The fraction of sp³-hybridized carbons (Fsp3) is 0.769. The van der Waals surface area contributed by atoms with Crippen molar-refractivity contribution in [1.82, 2.24) is 5.32 Å². The van der Waals surface area contributed by atoms with Gasteiger partial charge in [-0.3, -0.25) is 14.4 Å².